The fourth-order valence-electron chi connectivity index (χ4n) is 1.61. The smallest absolute Gasteiger partial charge is 0.116 e. The summed E-state index contributed by atoms with van der Waals surface area (Å²) in [5, 5.41) is 1.20. The van der Waals surface area contributed by atoms with Gasteiger partial charge in [-0.3, -0.25) is 0 Å². The summed E-state index contributed by atoms with van der Waals surface area (Å²) in [6.45, 7) is 6.26. The van der Waals surface area contributed by atoms with Crippen LogP contribution in [0.5, 0.6) is 0 Å². The van der Waals surface area contributed by atoms with Gasteiger partial charge in [0.2, 0.25) is 0 Å². The molecule has 2 heteroatoms. The number of rotatable bonds is 0. The van der Waals surface area contributed by atoms with Crippen molar-refractivity contribution in [2.24, 2.45) is 0 Å². The van der Waals surface area contributed by atoms with Crippen molar-refractivity contribution in [1.82, 2.24) is 9.97 Å². The normalized spacial score (nSPS) is 10.7. The van der Waals surface area contributed by atoms with Crippen LogP contribution in [0, 0.1) is 20.8 Å². The molecule has 2 aromatic rings. The molecule has 0 N–H and O–H groups in total. The van der Waals surface area contributed by atoms with Gasteiger partial charge < -0.3 is 0 Å². The van der Waals surface area contributed by atoms with Crippen LogP contribution in [0.2, 0.25) is 0 Å². The molecule has 1 aromatic carbocycles. The second-order valence-electron chi connectivity index (χ2n) is 3.36. The Balaban J connectivity index is 2.97. The lowest BCUT2D eigenvalue weighted by molar-refractivity contribution is 1.14. The topological polar surface area (TPSA) is 25.8 Å². The predicted octanol–water partition coefficient (Wildman–Crippen LogP) is 2.56. The molecule has 66 valence electrons. The number of hydrogen-bond donors (Lipinski definition) is 0. The Morgan fingerprint density at radius 3 is 2.54 bits per heavy atom. The highest BCUT2D eigenvalue weighted by atomic mass is 14.8. The van der Waals surface area contributed by atoms with Crippen LogP contribution in [0.3, 0.4) is 0 Å². The Bertz CT molecular complexity index is 461. The van der Waals surface area contributed by atoms with Gasteiger partial charge in [-0.1, -0.05) is 6.07 Å². The lowest BCUT2D eigenvalue weighted by Crippen LogP contribution is -1.91. The van der Waals surface area contributed by atoms with Crippen molar-refractivity contribution in [3.05, 3.63) is 35.3 Å². The van der Waals surface area contributed by atoms with Gasteiger partial charge in [-0.05, 0) is 38.0 Å². The Hall–Kier alpha value is -1.44. The van der Waals surface area contributed by atoms with E-state index in [1.165, 1.54) is 16.5 Å². The zero-order chi connectivity index (χ0) is 9.42. The van der Waals surface area contributed by atoms with Crippen LogP contribution < -0.4 is 0 Å². The van der Waals surface area contributed by atoms with Gasteiger partial charge >= 0.3 is 0 Å². The molecule has 2 rings (SSSR count). The van der Waals surface area contributed by atoms with E-state index in [9.17, 15) is 0 Å². The average Bonchev–Trinajstić information content (AvgIpc) is 2.12. The molecule has 13 heavy (non-hydrogen) atoms. The molecule has 0 fully saturated rings. The molecule has 0 unspecified atom stereocenters. The third-order valence-corrected chi connectivity index (χ3v) is 2.52. The lowest BCUT2D eigenvalue weighted by Gasteiger charge is -2.06. The van der Waals surface area contributed by atoms with Crippen LogP contribution >= 0.6 is 0 Å². The zero-order valence-corrected chi connectivity index (χ0v) is 8.13. The molecule has 0 aliphatic rings. The second kappa shape index (κ2) is 2.80. The number of aromatic nitrogens is 2. The third kappa shape index (κ3) is 1.18. The van der Waals surface area contributed by atoms with Crippen molar-refractivity contribution in [2.75, 3.05) is 0 Å². The first-order valence-corrected chi connectivity index (χ1v) is 4.37. The monoisotopic (exact) mass is 172 g/mol. The molecule has 0 saturated heterocycles. The van der Waals surface area contributed by atoms with Crippen LogP contribution in [0.25, 0.3) is 10.9 Å². The minimum Gasteiger partial charge on any atom is -0.241 e. The number of benzene rings is 1. The standard InChI is InChI=1S/C11H12N2/c1-7-4-5-10-11(8(7)2)9(3)12-6-13-10/h4-6H,1-3H3. The Morgan fingerprint density at radius 1 is 1.00 bits per heavy atom. The first-order valence-electron chi connectivity index (χ1n) is 4.37. The first kappa shape index (κ1) is 8.17. The highest BCUT2D eigenvalue weighted by molar-refractivity contribution is 5.84. The summed E-state index contributed by atoms with van der Waals surface area (Å²) in [5.41, 5.74) is 4.68. The summed E-state index contributed by atoms with van der Waals surface area (Å²) >= 11 is 0. The van der Waals surface area contributed by atoms with Gasteiger partial charge in [-0.25, -0.2) is 9.97 Å². The first-order chi connectivity index (χ1) is 6.20. The van der Waals surface area contributed by atoms with Crippen molar-refractivity contribution in [3.8, 4) is 0 Å². The summed E-state index contributed by atoms with van der Waals surface area (Å²) in [6.07, 6.45) is 1.62. The highest BCUT2D eigenvalue weighted by Crippen LogP contribution is 2.21. The summed E-state index contributed by atoms with van der Waals surface area (Å²) in [6, 6.07) is 4.15. The maximum absolute atomic E-state index is 4.23. The summed E-state index contributed by atoms with van der Waals surface area (Å²) < 4.78 is 0. The summed E-state index contributed by atoms with van der Waals surface area (Å²) in [4.78, 5) is 8.43. The lowest BCUT2D eigenvalue weighted by atomic mass is 10.0. The summed E-state index contributed by atoms with van der Waals surface area (Å²) in [5.74, 6) is 0. The van der Waals surface area contributed by atoms with Gasteiger partial charge in [0.25, 0.3) is 0 Å². The molecule has 0 amide bonds. The van der Waals surface area contributed by atoms with Crippen LogP contribution in [0.4, 0.5) is 0 Å². The number of fused-ring (bicyclic) bond motifs is 1. The Kier molecular flexibility index (Phi) is 1.76. The Morgan fingerprint density at radius 2 is 1.77 bits per heavy atom. The van der Waals surface area contributed by atoms with E-state index in [4.69, 9.17) is 0 Å². The van der Waals surface area contributed by atoms with Crippen LogP contribution in [-0.4, -0.2) is 9.97 Å². The van der Waals surface area contributed by atoms with E-state index in [1.54, 1.807) is 6.33 Å². The molecule has 0 bridgehead atoms. The second-order valence-corrected chi connectivity index (χ2v) is 3.36. The molecule has 0 radical (unpaired) electrons. The molecule has 0 aliphatic carbocycles. The quantitative estimate of drug-likeness (QED) is 0.610. The SMILES string of the molecule is Cc1ccc2ncnc(C)c2c1C. The van der Waals surface area contributed by atoms with E-state index in [-0.39, 0.29) is 0 Å². The molecule has 0 spiro atoms. The van der Waals surface area contributed by atoms with Gasteiger partial charge in [0, 0.05) is 11.1 Å². The highest BCUT2D eigenvalue weighted by Gasteiger charge is 2.03. The fraction of sp³-hybridized carbons (Fsp3) is 0.273. The van der Waals surface area contributed by atoms with Crippen LogP contribution in [0.15, 0.2) is 18.5 Å². The largest absolute Gasteiger partial charge is 0.241 e. The van der Waals surface area contributed by atoms with Crippen molar-refractivity contribution >= 4 is 10.9 Å². The maximum Gasteiger partial charge on any atom is 0.116 e. The van der Waals surface area contributed by atoms with Crippen LogP contribution in [-0.2, 0) is 0 Å². The maximum atomic E-state index is 4.23. The molecule has 1 heterocycles. The minimum absolute atomic E-state index is 1.04. The fourth-order valence-corrected chi connectivity index (χ4v) is 1.61. The molecule has 0 saturated carbocycles. The molecule has 2 nitrogen and oxygen atoms in total. The van der Waals surface area contributed by atoms with Gasteiger partial charge in [-0.15, -0.1) is 0 Å². The van der Waals surface area contributed by atoms with Crippen molar-refractivity contribution in [2.45, 2.75) is 20.8 Å². The molecular weight excluding hydrogens is 160 g/mol. The molecule has 0 atom stereocenters. The number of aryl methyl sites for hydroxylation is 3. The number of nitrogens with zero attached hydrogens (tertiary/aromatic N) is 2. The third-order valence-electron chi connectivity index (χ3n) is 2.52. The van der Waals surface area contributed by atoms with Crippen molar-refractivity contribution in [3.63, 3.8) is 0 Å². The van der Waals surface area contributed by atoms with E-state index in [0.29, 0.717) is 0 Å². The molecular formula is C11H12N2. The minimum atomic E-state index is 1.04. The van der Waals surface area contributed by atoms with E-state index in [0.717, 1.165) is 11.2 Å². The molecule has 1 aromatic heterocycles. The van der Waals surface area contributed by atoms with E-state index in [1.807, 2.05) is 13.0 Å². The average molecular weight is 172 g/mol. The van der Waals surface area contributed by atoms with Gasteiger partial charge in [0.1, 0.15) is 6.33 Å². The van der Waals surface area contributed by atoms with Gasteiger partial charge in [0.15, 0.2) is 0 Å². The van der Waals surface area contributed by atoms with Gasteiger partial charge in [0.05, 0.1) is 5.52 Å². The summed E-state index contributed by atoms with van der Waals surface area (Å²) in [7, 11) is 0. The van der Waals surface area contributed by atoms with Crippen molar-refractivity contribution < 1.29 is 0 Å². The van der Waals surface area contributed by atoms with Crippen LogP contribution in [0.1, 0.15) is 16.8 Å². The Labute approximate surface area is 77.6 Å². The zero-order valence-electron chi connectivity index (χ0n) is 8.13. The van der Waals surface area contributed by atoms with E-state index in [2.05, 4.69) is 29.9 Å². The predicted molar refractivity (Wildman–Crippen MR) is 53.7 cm³/mol. The van der Waals surface area contributed by atoms with E-state index < -0.39 is 0 Å². The van der Waals surface area contributed by atoms with E-state index >= 15 is 0 Å². The van der Waals surface area contributed by atoms with Gasteiger partial charge in [-0.2, -0.15) is 0 Å². The van der Waals surface area contributed by atoms with Crippen molar-refractivity contribution in [1.29, 1.82) is 0 Å². The molecule has 0 aliphatic heterocycles. The number of hydrogen-bond acceptors (Lipinski definition) is 2.